The first-order chi connectivity index (χ1) is 11.2. The van der Waals surface area contributed by atoms with Crippen LogP contribution in [0.5, 0.6) is 11.5 Å². The van der Waals surface area contributed by atoms with Gasteiger partial charge in [0.15, 0.2) is 5.75 Å². The largest absolute Gasteiger partial charge is 0.502 e. The molecule has 1 aromatic carbocycles. The van der Waals surface area contributed by atoms with Crippen LogP contribution < -0.4 is 15.1 Å². The van der Waals surface area contributed by atoms with E-state index < -0.39 is 5.43 Å². The lowest BCUT2D eigenvalue weighted by molar-refractivity contribution is 0.227. The van der Waals surface area contributed by atoms with Gasteiger partial charge < -0.3 is 19.2 Å². The van der Waals surface area contributed by atoms with Crippen LogP contribution in [0.1, 0.15) is 5.76 Å². The predicted octanol–water partition coefficient (Wildman–Crippen LogP) is 1.68. The second kappa shape index (κ2) is 6.75. The first-order valence-electron chi connectivity index (χ1n) is 7.58. The van der Waals surface area contributed by atoms with Crippen molar-refractivity contribution in [3.63, 3.8) is 0 Å². The van der Waals surface area contributed by atoms with Crippen LogP contribution in [0.4, 0.5) is 5.69 Å². The number of rotatable bonds is 4. The average Bonchev–Trinajstić information content (AvgIpc) is 2.59. The van der Waals surface area contributed by atoms with Crippen LogP contribution in [0.3, 0.4) is 0 Å². The smallest absolute Gasteiger partial charge is 0.226 e. The second-order valence-corrected chi connectivity index (χ2v) is 5.56. The monoisotopic (exact) mass is 316 g/mol. The molecule has 0 radical (unpaired) electrons. The highest BCUT2D eigenvalue weighted by molar-refractivity contribution is 5.51. The molecule has 122 valence electrons. The SMILES string of the molecule is COc1cccc(N2CCN(Cc3cc(=O)c(O)co3)CC2)c1. The molecule has 2 heterocycles. The number of nitrogens with zero attached hydrogens (tertiary/aromatic N) is 2. The molecule has 1 fully saturated rings. The minimum Gasteiger partial charge on any atom is -0.502 e. The Bertz CT molecular complexity index is 721. The lowest BCUT2D eigenvalue weighted by Crippen LogP contribution is -2.46. The maximum absolute atomic E-state index is 11.4. The lowest BCUT2D eigenvalue weighted by Gasteiger charge is -2.35. The molecule has 0 aliphatic carbocycles. The van der Waals surface area contributed by atoms with Crippen LogP contribution in [0.2, 0.25) is 0 Å². The summed E-state index contributed by atoms with van der Waals surface area (Å²) in [5, 5.41) is 9.22. The van der Waals surface area contributed by atoms with Gasteiger partial charge in [0.05, 0.1) is 13.7 Å². The van der Waals surface area contributed by atoms with Gasteiger partial charge in [0.1, 0.15) is 17.8 Å². The average molecular weight is 316 g/mol. The van der Waals surface area contributed by atoms with Gasteiger partial charge in [-0.1, -0.05) is 6.07 Å². The first kappa shape index (κ1) is 15.4. The fourth-order valence-electron chi connectivity index (χ4n) is 2.72. The normalized spacial score (nSPS) is 15.6. The molecule has 0 saturated carbocycles. The van der Waals surface area contributed by atoms with E-state index in [1.54, 1.807) is 7.11 Å². The van der Waals surface area contributed by atoms with E-state index in [0.717, 1.165) is 43.9 Å². The van der Waals surface area contributed by atoms with Crippen molar-refractivity contribution < 1.29 is 14.3 Å². The molecule has 6 nitrogen and oxygen atoms in total. The van der Waals surface area contributed by atoms with Crippen molar-refractivity contribution in [3.05, 3.63) is 52.6 Å². The molecule has 0 atom stereocenters. The minimum absolute atomic E-state index is 0.350. The lowest BCUT2D eigenvalue weighted by atomic mass is 10.2. The molecule has 0 bridgehead atoms. The van der Waals surface area contributed by atoms with Gasteiger partial charge in [0.25, 0.3) is 0 Å². The molecule has 1 aliphatic heterocycles. The van der Waals surface area contributed by atoms with Crippen LogP contribution in [0.25, 0.3) is 0 Å². The Kier molecular flexibility index (Phi) is 4.52. The summed E-state index contributed by atoms with van der Waals surface area (Å²) in [5.41, 5.74) is 0.751. The van der Waals surface area contributed by atoms with Gasteiger partial charge in [-0.3, -0.25) is 9.69 Å². The van der Waals surface area contributed by atoms with E-state index in [-0.39, 0.29) is 5.75 Å². The Balaban J connectivity index is 1.59. The Morgan fingerprint density at radius 3 is 2.70 bits per heavy atom. The van der Waals surface area contributed by atoms with Gasteiger partial charge in [0, 0.05) is 44.0 Å². The summed E-state index contributed by atoms with van der Waals surface area (Å²) in [5.74, 6) is 1.08. The van der Waals surface area contributed by atoms with Crippen molar-refractivity contribution in [2.45, 2.75) is 6.54 Å². The number of aromatic hydroxyl groups is 1. The van der Waals surface area contributed by atoms with E-state index in [1.165, 1.54) is 6.07 Å². The van der Waals surface area contributed by atoms with Gasteiger partial charge in [-0.25, -0.2) is 0 Å². The van der Waals surface area contributed by atoms with E-state index in [9.17, 15) is 9.90 Å². The molecule has 1 aromatic heterocycles. The molecule has 23 heavy (non-hydrogen) atoms. The first-order valence-corrected chi connectivity index (χ1v) is 7.58. The summed E-state index contributed by atoms with van der Waals surface area (Å²) >= 11 is 0. The highest BCUT2D eigenvalue weighted by Crippen LogP contribution is 2.22. The number of ether oxygens (including phenoxy) is 1. The summed E-state index contributed by atoms with van der Waals surface area (Å²) in [6.45, 7) is 4.12. The molecule has 1 saturated heterocycles. The summed E-state index contributed by atoms with van der Waals surface area (Å²) in [4.78, 5) is 16.0. The van der Waals surface area contributed by atoms with Crippen molar-refractivity contribution in [3.8, 4) is 11.5 Å². The maximum atomic E-state index is 11.4. The van der Waals surface area contributed by atoms with E-state index >= 15 is 0 Å². The van der Waals surface area contributed by atoms with Crippen molar-refractivity contribution in [2.75, 3.05) is 38.2 Å². The quantitative estimate of drug-likeness (QED) is 0.926. The number of methoxy groups -OCH3 is 1. The number of hydrogen-bond donors (Lipinski definition) is 1. The van der Waals surface area contributed by atoms with Gasteiger partial charge in [-0.15, -0.1) is 0 Å². The topological polar surface area (TPSA) is 66.2 Å². The Labute approximate surface area is 134 Å². The molecule has 0 spiro atoms. The third kappa shape index (κ3) is 3.65. The molecular formula is C17H20N2O4. The zero-order valence-electron chi connectivity index (χ0n) is 13.1. The highest BCUT2D eigenvalue weighted by atomic mass is 16.5. The van der Waals surface area contributed by atoms with Crippen LogP contribution >= 0.6 is 0 Å². The molecule has 1 N–H and O–H groups in total. The third-order valence-corrected chi connectivity index (χ3v) is 4.04. The van der Waals surface area contributed by atoms with Gasteiger partial charge in [-0.2, -0.15) is 0 Å². The summed E-state index contributed by atoms with van der Waals surface area (Å²) in [6.07, 6.45) is 1.10. The van der Waals surface area contributed by atoms with Crippen LogP contribution in [0.15, 0.2) is 45.8 Å². The zero-order chi connectivity index (χ0) is 16.2. The molecule has 0 amide bonds. The van der Waals surface area contributed by atoms with Gasteiger partial charge in [0.2, 0.25) is 5.43 Å². The number of piperazine rings is 1. The fraction of sp³-hybridized carbons (Fsp3) is 0.353. The molecule has 0 unspecified atom stereocenters. The van der Waals surface area contributed by atoms with Crippen LogP contribution in [-0.4, -0.2) is 43.3 Å². The fourth-order valence-corrected chi connectivity index (χ4v) is 2.72. The van der Waals surface area contributed by atoms with Crippen molar-refractivity contribution in [1.29, 1.82) is 0 Å². The number of hydrogen-bond acceptors (Lipinski definition) is 6. The van der Waals surface area contributed by atoms with E-state index in [4.69, 9.17) is 9.15 Å². The summed E-state index contributed by atoms with van der Waals surface area (Å²) in [6, 6.07) is 9.40. The van der Waals surface area contributed by atoms with Crippen molar-refractivity contribution in [1.82, 2.24) is 4.90 Å². The minimum atomic E-state index is -0.402. The zero-order valence-corrected chi connectivity index (χ0v) is 13.1. The predicted molar refractivity (Wildman–Crippen MR) is 87.1 cm³/mol. The van der Waals surface area contributed by atoms with E-state index in [1.807, 2.05) is 18.2 Å². The van der Waals surface area contributed by atoms with Crippen molar-refractivity contribution >= 4 is 5.69 Å². The second-order valence-electron chi connectivity index (χ2n) is 5.56. The van der Waals surface area contributed by atoms with E-state index in [2.05, 4.69) is 15.9 Å². The Morgan fingerprint density at radius 1 is 1.22 bits per heavy atom. The molecule has 3 rings (SSSR count). The van der Waals surface area contributed by atoms with E-state index in [0.29, 0.717) is 12.3 Å². The van der Waals surface area contributed by atoms with Crippen LogP contribution in [-0.2, 0) is 6.54 Å². The van der Waals surface area contributed by atoms with Crippen LogP contribution in [0, 0.1) is 0 Å². The molecule has 6 heteroatoms. The standard InChI is InChI=1S/C17H20N2O4/c1-22-14-4-2-3-13(9-14)19-7-5-18(6-8-19)11-15-10-16(20)17(21)12-23-15/h2-4,9-10,12,21H,5-8,11H2,1H3. The van der Waals surface area contributed by atoms with Gasteiger partial charge >= 0.3 is 0 Å². The number of benzene rings is 1. The summed E-state index contributed by atoms with van der Waals surface area (Å²) in [7, 11) is 1.67. The van der Waals surface area contributed by atoms with Crippen molar-refractivity contribution in [2.24, 2.45) is 0 Å². The molecule has 1 aliphatic rings. The number of anilines is 1. The highest BCUT2D eigenvalue weighted by Gasteiger charge is 2.18. The maximum Gasteiger partial charge on any atom is 0.226 e. The molecular weight excluding hydrogens is 296 g/mol. The molecule has 2 aromatic rings. The third-order valence-electron chi connectivity index (χ3n) is 4.04. The summed E-state index contributed by atoms with van der Waals surface area (Å²) < 4.78 is 10.5. The van der Waals surface area contributed by atoms with Gasteiger partial charge in [-0.05, 0) is 12.1 Å². The Morgan fingerprint density at radius 2 is 2.00 bits per heavy atom. The Hall–Kier alpha value is -2.47.